The van der Waals surface area contributed by atoms with Crippen LogP contribution in [-0.4, -0.2) is 72.4 Å². The van der Waals surface area contributed by atoms with Crippen LogP contribution in [0, 0.1) is 0 Å². The number of imidazole rings is 1. The maximum Gasteiger partial charge on any atom is 0.353 e. The molecule has 9 heavy (non-hydrogen) atoms. The van der Waals surface area contributed by atoms with Crippen molar-refractivity contribution in [3.8, 4) is 0 Å². The molecule has 0 amide bonds. The number of aromatic carboxylic acids is 1. The van der Waals surface area contributed by atoms with E-state index in [4.69, 9.17) is 5.11 Å². The molecule has 0 aliphatic rings. The summed E-state index contributed by atoms with van der Waals surface area (Å²) in [5.74, 6) is -0.984. The summed E-state index contributed by atoms with van der Waals surface area (Å²) in [5, 5.41) is 8.20. The number of carboxylic acids is 1. The SMILES string of the molecule is O=C(O)c1cnc[nH]1.[K]. The third-order valence-corrected chi connectivity index (χ3v) is 0.729. The van der Waals surface area contributed by atoms with Crippen LogP contribution in [0.2, 0.25) is 0 Å². The van der Waals surface area contributed by atoms with E-state index in [9.17, 15) is 4.79 Å². The van der Waals surface area contributed by atoms with Crippen molar-refractivity contribution in [2.45, 2.75) is 0 Å². The Hall–Kier alpha value is 0.316. The number of H-pyrrole nitrogens is 1. The number of carboxylic acid groups (broad SMARTS) is 1. The molecule has 0 spiro atoms. The van der Waals surface area contributed by atoms with E-state index in [0.717, 1.165) is 0 Å². The molecule has 0 saturated heterocycles. The fourth-order valence-corrected chi connectivity index (χ4v) is 0.373. The first kappa shape index (κ1) is 9.32. The Labute approximate surface area is 94.1 Å². The van der Waals surface area contributed by atoms with Crippen LogP contribution in [-0.2, 0) is 0 Å². The topological polar surface area (TPSA) is 66.0 Å². The van der Waals surface area contributed by atoms with E-state index in [1.807, 2.05) is 0 Å². The second-order valence-corrected chi connectivity index (χ2v) is 1.27. The maximum atomic E-state index is 9.99. The molecular weight excluding hydrogens is 147 g/mol. The molecule has 0 unspecified atom stereocenters. The third kappa shape index (κ3) is 2.59. The predicted octanol–water partition coefficient (Wildman–Crippen LogP) is -0.273. The van der Waals surface area contributed by atoms with Gasteiger partial charge in [-0.05, 0) is 0 Å². The largest absolute Gasteiger partial charge is 0.477 e. The van der Waals surface area contributed by atoms with Gasteiger partial charge in [0.1, 0.15) is 5.69 Å². The summed E-state index contributed by atoms with van der Waals surface area (Å²) >= 11 is 0. The molecule has 0 atom stereocenters. The zero-order valence-electron chi connectivity index (χ0n) is 4.96. The quantitative estimate of drug-likeness (QED) is 0.543. The fourth-order valence-electron chi connectivity index (χ4n) is 0.373. The Morgan fingerprint density at radius 1 is 1.78 bits per heavy atom. The van der Waals surface area contributed by atoms with Gasteiger partial charge in [0.05, 0.1) is 12.5 Å². The minimum atomic E-state index is -0.984. The van der Waals surface area contributed by atoms with Gasteiger partial charge in [-0.2, -0.15) is 0 Å². The molecule has 0 aromatic carbocycles. The van der Waals surface area contributed by atoms with E-state index in [1.54, 1.807) is 0 Å². The van der Waals surface area contributed by atoms with E-state index >= 15 is 0 Å². The van der Waals surface area contributed by atoms with Crippen LogP contribution >= 0.6 is 0 Å². The molecular formula is C4H4KN2O2. The number of aromatic nitrogens is 2. The van der Waals surface area contributed by atoms with Crippen molar-refractivity contribution in [2.24, 2.45) is 0 Å². The zero-order valence-corrected chi connectivity index (χ0v) is 8.08. The van der Waals surface area contributed by atoms with Crippen LogP contribution in [0.15, 0.2) is 12.5 Å². The molecule has 5 heteroatoms. The molecule has 1 aromatic rings. The van der Waals surface area contributed by atoms with Gasteiger partial charge in [0.2, 0.25) is 0 Å². The van der Waals surface area contributed by atoms with E-state index in [-0.39, 0.29) is 57.1 Å². The van der Waals surface area contributed by atoms with Gasteiger partial charge in [-0.15, -0.1) is 0 Å². The third-order valence-electron chi connectivity index (χ3n) is 0.729. The van der Waals surface area contributed by atoms with Crippen LogP contribution < -0.4 is 0 Å². The average molecular weight is 151 g/mol. The Morgan fingerprint density at radius 2 is 2.44 bits per heavy atom. The van der Waals surface area contributed by atoms with E-state index in [2.05, 4.69) is 9.97 Å². The smallest absolute Gasteiger partial charge is 0.353 e. The summed E-state index contributed by atoms with van der Waals surface area (Å²) in [6.45, 7) is 0. The number of carbonyl (C=O) groups is 1. The minimum Gasteiger partial charge on any atom is -0.477 e. The zero-order chi connectivity index (χ0) is 5.98. The normalized spacial score (nSPS) is 8.00. The summed E-state index contributed by atoms with van der Waals surface area (Å²) in [4.78, 5) is 15.9. The second-order valence-electron chi connectivity index (χ2n) is 1.27. The number of hydrogen-bond donors (Lipinski definition) is 2. The van der Waals surface area contributed by atoms with Crippen LogP contribution in [0.4, 0.5) is 0 Å². The molecule has 1 radical (unpaired) electrons. The van der Waals surface area contributed by atoms with Crippen molar-refractivity contribution in [2.75, 3.05) is 0 Å². The molecule has 0 aliphatic heterocycles. The first-order valence-corrected chi connectivity index (χ1v) is 2.02. The molecule has 43 valence electrons. The first-order valence-electron chi connectivity index (χ1n) is 2.02. The Balaban J connectivity index is 0.000000640. The van der Waals surface area contributed by atoms with Crippen molar-refractivity contribution in [1.82, 2.24) is 9.97 Å². The Bertz CT molecular complexity index is 184. The van der Waals surface area contributed by atoms with Gasteiger partial charge in [-0.1, -0.05) is 0 Å². The number of rotatable bonds is 1. The minimum absolute atomic E-state index is 0. The summed E-state index contributed by atoms with van der Waals surface area (Å²) in [7, 11) is 0. The summed E-state index contributed by atoms with van der Waals surface area (Å²) in [5.41, 5.74) is 0.116. The molecule has 1 rings (SSSR count). The predicted molar refractivity (Wildman–Crippen MR) is 31.3 cm³/mol. The summed E-state index contributed by atoms with van der Waals surface area (Å²) < 4.78 is 0. The first-order chi connectivity index (χ1) is 3.80. The van der Waals surface area contributed by atoms with Gasteiger partial charge in [0.25, 0.3) is 0 Å². The molecule has 0 fully saturated rings. The summed E-state index contributed by atoms with van der Waals surface area (Å²) in [6, 6.07) is 0. The van der Waals surface area contributed by atoms with Crippen molar-refractivity contribution in [3.63, 3.8) is 0 Å². The monoisotopic (exact) mass is 151 g/mol. The van der Waals surface area contributed by atoms with Crippen LogP contribution in [0.3, 0.4) is 0 Å². The number of hydrogen-bond acceptors (Lipinski definition) is 2. The van der Waals surface area contributed by atoms with Crippen molar-refractivity contribution in [3.05, 3.63) is 18.2 Å². The van der Waals surface area contributed by atoms with Crippen LogP contribution in [0.1, 0.15) is 10.5 Å². The van der Waals surface area contributed by atoms with Crippen LogP contribution in [0.5, 0.6) is 0 Å². The van der Waals surface area contributed by atoms with Gasteiger partial charge in [-0.25, -0.2) is 9.78 Å². The van der Waals surface area contributed by atoms with Gasteiger partial charge in [-0.3, -0.25) is 0 Å². The number of aromatic amines is 1. The molecule has 4 nitrogen and oxygen atoms in total. The standard InChI is InChI=1S/C4H4N2O2.K/c7-4(8)3-1-5-2-6-3;/h1-2H,(H,5,6)(H,7,8);. The van der Waals surface area contributed by atoms with Gasteiger partial charge in [0.15, 0.2) is 0 Å². The van der Waals surface area contributed by atoms with Gasteiger partial charge >= 0.3 is 5.97 Å². The summed E-state index contributed by atoms with van der Waals surface area (Å²) in [6.07, 6.45) is 2.58. The molecule has 1 aromatic heterocycles. The van der Waals surface area contributed by atoms with E-state index < -0.39 is 5.97 Å². The molecule has 0 aliphatic carbocycles. The van der Waals surface area contributed by atoms with Crippen molar-refractivity contribution >= 4 is 57.4 Å². The Kier molecular flexibility index (Phi) is 4.33. The van der Waals surface area contributed by atoms with E-state index in [0.29, 0.717) is 0 Å². The molecule has 0 saturated carbocycles. The second kappa shape index (κ2) is 4.18. The Morgan fingerprint density at radius 3 is 2.67 bits per heavy atom. The van der Waals surface area contributed by atoms with E-state index in [1.165, 1.54) is 12.5 Å². The van der Waals surface area contributed by atoms with Crippen molar-refractivity contribution < 1.29 is 9.90 Å². The van der Waals surface area contributed by atoms with Gasteiger partial charge in [0, 0.05) is 51.4 Å². The molecule has 0 bridgehead atoms. The number of nitrogens with one attached hydrogen (secondary N) is 1. The molecule has 1 heterocycles. The van der Waals surface area contributed by atoms with Gasteiger partial charge < -0.3 is 10.1 Å². The number of nitrogens with zero attached hydrogens (tertiary/aromatic N) is 1. The molecule has 2 N–H and O–H groups in total. The van der Waals surface area contributed by atoms with Crippen LogP contribution in [0.25, 0.3) is 0 Å². The van der Waals surface area contributed by atoms with Crippen molar-refractivity contribution in [1.29, 1.82) is 0 Å². The fraction of sp³-hybridized carbons (Fsp3) is 0. The maximum absolute atomic E-state index is 9.99. The average Bonchev–Trinajstić information content (AvgIpc) is 2.12.